The highest BCUT2D eigenvalue weighted by Crippen LogP contribution is 2.34. The minimum atomic E-state index is -4.08. The van der Waals surface area contributed by atoms with Crippen molar-refractivity contribution < 1.29 is 22.5 Å². The molecule has 0 atom stereocenters. The number of anilines is 1. The van der Waals surface area contributed by atoms with E-state index in [2.05, 4.69) is 10.3 Å². The molecular weight excluding hydrogens is 458 g/mol. The second kappa shape index (κ2) is 9.75. The van der Waals surface area contributed by atoms with Gasteiger partial charge in [-0.15, -0.1) is 0 Å². The smallest absolute Gasteiger partial charge is 0.270 e. The molecule has 0 bridgehead atoms. The molecule has 0 saturated carbocycles. The Morgan fingerprint density at radius 2 is 1.76 bits per heavy atom. The third kappa shape index (κ3) is 4.91. The number of aromatic nitrogens is 1. The van der Waals surface area contributed by atoms with Gasteiger partial charge in [0, 0.05) is 24.2 Å². The Hall–Kier alpha value is -4.18. The molecule has 0 aliphatic carbocycles. The fourth-order valence-electron chi connectivity index (χ4n) is 3.25. The first-order valence-electron chi connectivity index (χ1n) is 10.4. The minimum Gasteiger partial charge on any atom is -0.494 e. The van der Waals surface area contributed by atoms with E-state index in [9.17, 15) is 18.5 Å². The Morgan fingerprint density at radius 1 is 1.03 bits per heavy atom. The van der Waals surface area contributed by atoms with Crippen LogP contribution in [0.4, 0.5) is 11.6 Å². The molecule has 0 fully saturated rings. The number of nitro groups is 1. The molecule has 174 valence electrons. The number of hydrogen-bond donors (Lipinski definition) is 1. The first-order valence-corrected chi connectivity index (χ1v) is 11.9. The lowest BCUT2D eigenvalue weighted by Crippen LogP contribution is -2.07. The van der Waals surface area contributed by atoms with E-state index >= 15 is 0 Å². The van der Waals surface area contributed by atoms with Gasteiger partial charge in [-0.1, -0.05) is 36.4 Å². The van der Waals surface area contributed by atoms with Gasteiger partial charge in [-0.2, -0.15) is 4.98 Å². The summed E-state index contributed by atoms with van der Waals surface area (Å²) >= 11 is 0. The van der Waals surface area contributed by atoms with Gasteiger partial charge in [-0.25, -0.2) is 8.42 Å². The lowest BCUT2D eigenvalue weighted by Gasteiger charge is -2.07. The highest BCUT2D eigenvalue weighted by molar-refractivity contribution is 7.91. The summed E-state index contributed by atoms with van der Waals surface area (Å²) in [5.74, 6) is 0.435. The maximum atomic E-state index is 13.4. The van der Waals surface area contributed by atoms with Crippen LogP contribution in [0.25, 0.3) is 11.5 Å². The molecule has 4 rings (SSSR count). The number of nitro benzene ring substituents is 1. The zero-order chi connectivity index (χ0) is 24.1. The molecule has 34 heavy (non-hydrogen) atoms. The summed E-state index contributed by atoms with van der Waals surface area (Å²) in [6.07, 6.45) is 0. The fourth-order valence-corrected chi connectivity index (χ4v) is 4.53. The predicted molar refractivity (Wildman–Crippen MR) is 125 cm³/mol. The van der Waals surface area contributed by atoms with Crippen LogP contribution in [0.15, 0.2) is 93.2 Å². The number of ether oxygens (including phenoxy) is 1. The monoisotopic (exact) mass is 479 g/mol. The second-order valence-corrected chi connectivity index (χ2v) is 9.07. The molecule has 4 aromatic rings. The van der Waals surface area contributed by atoms with Crippen molar-refractivity contribution in [1.82, 2.24) is 4.98 Å². The number of nitrogens with one attached hydrogen (secondary N) is 1. The van der Waals surface area contributed by atoms with Gasteiger partial charge < -0.3 is 14.5 Å². The van der Waals surface area contributed by atoms with Crippen molar-refractivity contribution >= 4 is 21.4 Å². The zero-order valence-corrected chi connectivity index (χ0v) is 19.0. The third-order valence-electron chi connectivity index (χ3n) is 4.90. The van der Waals surface area contributed by atoms with E-state index in [0.29, 0.717) is 12.4 Å². The summed E-state index contributed by atoms with van der Waals surface area (Å²) in [5, 5.41) is 13.9. The van der Waals surface area contributed by atoms with Gasteiger partial charge in [0.15, 0.2) is 0 Å². The molecule has 9 nitrogen and oxygen atoms in total. The van der Waals surface area contributed by atoms with E-state index in [-0.39, 0.29) is 39.5 Å². The Bertz CT molecular complexity index is 1400. The molecule has 1 heterocycles. The SMILES string of the molecule is CCOc1ccc(S(=O)(=O)c2nc(-c3cccc([N+](=O)[O-])c3)oc2NCc2ccccc2)cc1. The van der Waals surface area contributed by atoms with Crippen LogP contribution in [-0.4, -0.2) is 24.9 Å². The van der Waals surface area contributed by atoms with Crippen molar-refractivity contribution in [3.63, 3.8) is 0 Å². The van der Waals surface area contributed by atoms with Crippen molar-refractivity contribution in [1.29, 1.82) is 0 Å². The molecule has 0 unspecified atom stereocenters. The zero-order valence-electron chi connectivity index (χ0n) is 18.2. The fraction of sp³-hybridized carbons (Fsp3) is 0.125. The number of oxazole rings is 1. The van der Waals surface area contributed by atoms with Gasteiger partial charge in [-0.05, 0) is 42.8 Å². The third-order valence-corrected chi connectivity index (χ3v) is 6.57. The van der Waals surface area contributed by atoms with Crippen LogP contribution >= 0.6 is 0 Å². The van der Waals surface area contributed by atoms with E-state index in [1.54, 1.807) is 18.2 Å². The Kier molecular flexibility index (Phi) is 6.60. The molecule has 0 spiro atoms. The second-order valence-electron chi connectivity index (χ2n) is 7.21. The Morgan fingerprint density at radius 3 is 2.44 bits per heavy atom. The number of non-ortho nitro benzene ring substituents is 1. The first kappa shape index (κ1) is 23.0. The van der Waals surface area contributed by atoms with Crippen LogP contribution < -0.4 is 10.1 Å². The molecule has 0 amide bonds. The molecule has 1 aromatic heterocycles. The molecule has 1 N–H and O–H groups in total. The van der Waals surface area contributed by atoms with Crippen LogP contribution in [0.3, 0.4) is 0 Å². The van der Waals surface area contributed by atoms with Gasteiger partial charge in [-0.3, -0.25) is 10.1 Å². The largest absolute Gasteiger partial charge is 0.494 e. The summed E-state index contributed by atoms with van der Waals surface area (Å²) in [5.41, 5.74) is 1.02. The topological polar surface area (TPSA) is 125 Å². The normalized spacial score (nSPS) is 11.2. The van der Waals surface area contributed by atoms with Crippen LogP contribution in [-0.2, 0) is 16.4 Å². The standard InChI is InChI=1S/C24H21N3O6S/c1-2-32-20-11-13-21(14-12-20)34(30,31)24-23(25-16-17-7-4-3-5-8-17)33-22(26-24)18-9-6-10-19(15-18)27(28)29/h3-15,25H,2,16H2,1H3. The molecule has 0 saturated heterocycles. The lowest BCUT2D eigenvalue weighted by atomic mass is 10.2. The summed E-state index contributed by atoms with van der Waals surface area (Å²) in [6, 6.07) is 21.0. The van der Waals surface area contributed by atoms with Crippen LogP contribution in [0, 0.1) is 10.1 Å². The predicted octanol–water partition coefficient (Wildman–Crippen LogP) is 5.09. The average molecular weight is 480 g/mol. The van der Waals surface area contributed by atoms with Gasteiger partial charge in [0.1, 0.15) is 5.75 Å². The van der Waals surface area contributed by atoms with Gasteiger partial charge in [0.25, 0.3) is 5.69 Å². The molecule has 0 aliphatic heterocycles. The van der Waals surface area contributed by atoms with E-state index in [4.69, 9.17) is 9.15 Å². The van der Waals surface area contributed by atoms with Gasteiger partial charge in [0.2, 0.25) is 26.6 Å². The van der Waals surface area contributed by atoms with Crippen molar-refractivity contribution in [2.24, 2.45) is 0 Å². The average Bonchev–Trinajstić information content (AvgIpc) is 3.29. The Balaban J connectivity index is 1.76. The maximum Gasteiger partial charge on any atom is 0.270 e. The van der Waals surface area contributed by atoms with E-state index in [0.717, 1.165) is 5.56 Å². The number of rotatable bonds is 9. The van der Waals surface area contributed by atoms with Crippen molar-refractivity contribution in [3.8, 4) is 17.2 Å². The summed E-state index contributed by atoms with van der Waals surface area (Å²) in [4.78, 5) is 14.9. The quantitative estimate of drug-likeness (QED) is 0.260. The van der Waals surface area contributed by atoms with Crippen molar-refractivity contribution in [3.05, 3.63) is 94.5 Å². The van der Waals surface area contributed by atoms with E-state index < -0.39 is 14.8 Å². The van der Waals surface area contributed by atoms with Crippen LogP contribution in [0.1, 0.15) is 12.5 Å². The minimum absolute atomic E-state index is 0.0117. The number of sulfone groups is 1. The molecule has 0 radical (unpaired) electrons. The number of hydrogen-bond acceptors (Lipinski definition) is 8. The van der Waals surface area contributed by atoms with Crippen molar-refractivity contribution in [2.75, 3.05) is 11.9 Å². The summed E-state index contributed by atoms with van der Waals surface area (Å²) in [7, 11) is -4.08. The number of nitrogens with zero attached hydrogens (tertiary/aromatic N) is 2. The summed E-state index contributed by atoms with van der Waals surface area (Å²) < 4.78 is 38.1. The highest BCUT2D eigenvalue weighted by atomic mass is 32.2. The van der Waals surface area contributed by atoms with Gasteiger partial charge >= 0.3 is 0 Å². The molecule has 0 aliphatic rings. The van der Waals surface area contributed by atoms with Gasteiger partial charge in [0.05, 0.1) is 16.4 Å². The summed E-state index contributed by atoms with van der Waals surface area (Å²) in [6.45, 7) is 2.58. The Labute approximate surface area is 196 Å². The highest BCUT2D eigenvalue weighted by Gasteiger charge is 2.29. The lowest BCUT2D eigenvalue weighted by molar-refractivity contribution is -0.384. The molecule has 3 aromatic carbocycles. The van der Waals surface area contributed by atoms with Crippen molar-refractivity contribution in [2.45, 2.75) is 23.4 Å². The van der Waals surface area contributed by atoms with E-state index in [1.807, 2.05) is 37.3 Å². The first-order chi connectivity index (χ1) is 16.4. The maximum absolute atomic E-state index is 13.4. The van der Waals surface area contributed by atoms with Crippen LogP contribution in [0.5, 0.6) is 5.75 Å². The number of benzene rings is 3. The van der Waals surface area contributed by atoms with Crippen LogP contribution in [0.2, 0.25) is 0 Å². The molecule has 10 heteroatoms. The molecular formula is C24H21N3O6S. The van der Waals surface area contributed by atoms with E-state index in [1.165, 1.54) is 30.3 Å².